The minimum atomic E-state index is -0.486. The molecule has 0 aliphatic carbocycles. The topological polar surface area (TPSA) is 98.1 Å². The summed E-state index contributed by atoms with van der Waals surface area (Å²) in [6.07, 6.45) is 1.55. The fourth-order valence-corrected chi connectivity index (χ4v) is 3.06. The number of carbonyl (C=O) groups is 2. The van der Waals surface area contributed by atoms with Crippen molar-refractivity contribution in [2.24, 2.45) is 0 Å². The van der Waals surface area contributed by atoms with Crippen LogP contribution in [0.25, 0.3) is 5.82 Å². The quantitative estimate of drug-likeness (QED) is 0.626. The van der Waals surface area contributed by atoms with E-state index >= 15 is 0 Å². The number of amides is 2. The van der Waals surface area contributed by atoms with E-state index in [-0.39, 0.29) is 29.3 Å². The van der Waals surface area contributed by atoms with Crippen molar-refractivity contribution in [2.75, 3.05) is 12.4 Å². The molecule has 1 aromatic carbocycles. The van der Waals surface area contributed by atoms with Crippen LogP contribution in [0.4, 0.5) is 5.69 Å². The van der Waals surface area contributed by atoms with Gasteiger partial charge in [0.2, 0.25) is 5.88 Å². The minimum Gasteiger partial charge on any atom is -0.480 e. The fraction of sp³-hybridized carbons (Fsp3) is 0.238. The van der Waals surface area contributed by atoms with Gasteiger partial charge in [-0.2, -0.15) is 0 Å². The van der Waals surface area contributed by atoms with Crippen molar-refractivity contribution >= 4 is 29.1 Å². The maximum Gasteiger partial charge on any atom is 0.274 e. The van der Waals surface area contributed by atoms with Crippen LogP contribution in [0.15, 0.2) is 42.6 Å². The Labute approximate surface area is 179 Å². The SMILES string of the molecule is COc1cc(C(=O)Nc2c(C)cccc2C(=O)NC(C)C)n(-c2ncccc2Cl)n1. The molecule has 0 radical (unpaired) electrons. The number of aromatic nitrogens is 3. The van der Waals surface area contributed by atoms with Crippen molar-refractivity contribution in [3.8, 4) is 11.7 Å². The summed E-state index contributed by atoms with van der Waals surface area (Å²) in [5.74, 6) is -0.247. The molecular formula is C21H22ClN5O3. The van der Waals surface area contributed by atoms with Crippen LogP contribution in [0.1, 0.15) is 40.3 Å². The molecule has 156 valence electrons. The van der Waals surface area contributed by atoms with Gasteiger partial charge in [-0.1, -0.05) is 23.7 Å². The van der Waals surface area contributed by atoms with E-state index in [0.717, 1.165) is 5.56 Å². The van der Waals surface area contributed by atoms with Crippen LogP contribution in [-0.4, -0.2) is 39.7 Å². The van der Waals surface area contributed by atoms with Crippen LogP contribution >= 0.6 is 11.6 Å². The number of halogens is 1. The normalized spacial score (nSPS) is 10.7. The Kier molecular flexibility index (Phi) is 6.37. The molecule has 3 aromatic rings. The number of aryl methyl sites for hydroxylation is 1. The highest BCUT2D eigenvalue weighted by Crippen LogP contribution is 2.25. The van der Waals surface area contributed by atoms with Crippen molar-refractivity contribution in [2.45, 2.75) is 26.8 Å². The predicted octanol–water partition coefficient (Wildman–Crippen LogP) is 3.63. The van der Waals surface area contributed by atoms with Crippen LogP contribution in [0.2, 0.25) is 5.02 Å². The highest BCUT2D eigenvalue weighted by Gasteiger charge is 2.22. The molecule has 0 atom stereocenters. The Bertz CT molecular complexity index is 1090. The molecule has 2 heterocycles. The summed E-state index contributed by atoms with van der Waals surface area (Å²) < 4.78 is 6.49. The van der Waals surface area contributed by atoms with E-state index in [1.54, 1.807) is 30.5 Å². The van der Waals surface area contributed by atoms with E-state index in [1.165, 1.54) is 17.9 Å². The second kappa shape index (κ2) is 8.96. The minimum absolute atomic E-state index is 0.0430. The third kappa shape index (κ3) is 4.44. The molecule has 0 fully saturated rings. The van der Waals surface area contributed by atoms with Gasteiger partial charge >= 0.3 is 0 Å². The summed E-state index contributed by atoms with van der Waals surface area (Å²) >= 11 is 6.24. The first kappa shape index (κ1) is 21.3. The Morgan fingerprint density at radius 2 is 1.93 bits per heavy atom. The van der Waals surface area contributed by atoms with Gasteiger partial charge < -0.3 is 15.4 Å². The lowest BCUT2D eigenvalue weighted by Crippen LogP contribution is -2.31. The number of rotatable bonds is 6. The number of carbonyl (C=O) groups excluding carboxylic acids is 2. The number of ether oxygens (including phenoxy) is 1. The molecule has 0 saturated heterocycles. The van der Waals surface area contributed by atoms with Crippen LogP contribution < -0.4 is 15.4 Å². The monoisotopic (exact) mass is 427 g/mol. The first-order valence-electron chi connectivity index (χ1n) is 9.28. The first-order chi connectivity index (χ1) is 14.3. The standard InChI is InChI=1S/C21H22ClN5O3/c1-12(2)24-20(28)14-8-5-7-13(3)18(14)25-21(29)16-11-17(30-4)26-27(16)19-15(22)9-6-10-23-19/h5-12H,1-4H3,(H,24,28)(H,25,29). The first-order valence-corrected chi connectivity index (χ1v) is 9.66. The number of nitrogens with one attached hydrogen (secondary N) is 2. The number of hydrogen-bond acceptors (Lipinski definition) is 5. The zero-order valence-corrected chi connectivity index (χ0v) is 17.8. The van der Waals surface area contributed by atoms with Crippen molar-refractivity contribution in [1.29, 1.82) is 0 Å². The molecule has 0 aliphatic rings. The van der Waals surface area contributed by atoms with E-state index in [4.69, 9.17) is 16.3 Å². The van der Waals surface area contributed by atoms with Crippen LogP contribution in [0, 0.1) is 6.92 Å². The van der Waals surface area contributed by atoms with Gasteiger partial charge in [0.25, 0.3) is 11.8 Å². The van der Waals surface area contributed by atoms with Crippen LogP contribution in [-0.2, 0) is 0 Å². The van der Waals surface area contributed by atoms with E-state index in [9.17, 15) is 9.59 Å². The lowest BCUT2D eigenvalue weighted by molar-refractivity contribution is 0.0944. The molecule has 9 heteroatoms. The predicted molar refractivity (Wildman–Crippen MR) is 115 cm³/mol. The van der Waals surface area contributed by atoms with Gasteiger partial charge in [0, 0.05) is 18.3 Å². The number of methoxy groups -OCH3 is 1. The Morgan fingerprint density at radius 1 is 1.17 bits per heavy atom. The average molecular weight is 428 g/mol. The molecular weight excluding hydrogens is 406 g/mol. The molecule has 0 bridgehead atoms. The number of para-hydroxylation sites is 1. The van der Waals surface area contributed by atoms with Crippen LogP contribution in [0.3, 0.4) is 0 Å². The van der Waals surface area contributed by atoms with Crippen molar-refractivity contribution in [3.63, 3.8) is 0 Å². The maximum atomic E-state index is 13.2. The highest BCUT2D eigenvalue weighted by molar-refractivity contribution is 6.32. The van der Waals surface area contributed by atoms with Crippen molar-refractivity contribution in [3.05, 3.63) is 64.4 Å². The zero-order chi connectivity index (χ0) is 21.8. The van der Waals surface area contributed by atoms with E-state index in [2.05, 4.69) is 20.7 Å². The van der Waals surface area contributed by atoms with Crippen molar-refractivity contribution in [1.82, 2.24) is 20.1 Å². The van der Waals surface area contributed by atoms with Gasteiger partial charge in [0.05, 0.1) is 23.4 Å². The molecule has 8 nitrogen and oxygen atoms in total. The third-order valence-electron chi connectivity index (χ3n) is 4.24. The summed E-state index contributed by atoms with van der Waals surface area (Å²) in [5.41, 5.74) is 1.69. The third-order valence-corrected chi connectivity index (χ3v) is 4.54. The van der Waals surface area contributed by atoms with Crippen molar-refractivity contribution < 1.29 is 14.3 Å². The fourth-order valence-electron chi connectivity index (χ4n) is 2.86. The van der Waals surface area contributed by atoms with Gasteiger partial charge in [-0.15, -0.1) is 5.10 Å². The number of benzene rings is 1. The summed E-state index contributed by atoms with van der Waals surface area (Å²) in [4.78, 5) is 30.0. The maximum absolute atomic E-state index is 13.2. The summed E-state index contributed by atoms with van der Waals surface area (Å²) in [5, 5.41) is 10.2. The lowest BCUT2D eigenvalue weighted by atomic mass is 10.1. The molecule has 0 saturated carbocycles. The number of anilines is 1. The van der Waals surface area contributed by atoms with Gasteiger partial charge in [0.1, 0.15) is 5.69 Å². The van der Waals surface area contributed by atoms with Crippen LogP contribution in [0.5, 0.6) is 5.88 Å². The Balaban J connectivity index is 2.01. The number of pyridine rings is 1. The largest absolute Gasteiger partial charge is 0.480 e. The molecule has 2 N–H and O–H groups in total. The van der Waals surface area contributed by atoms with Gasteiger partial charge in [-0.05, 0) is 44.5 Å². The Morgan fingerprint density at radius 3 is 2.60 bits per heavy atom. The summed E-state index contributed by atoms with van der Waals surface area (Å²) in [7, 11) is 1.45. The molecule has 2 aromatic heterocycles. The van der Waals surface area contributed by atoms with Gasteiger partial charge in [-0.3, -0.25) is 9.59 Å². The molecule has 30 heavy (non-hydrogen) atoms. The van der Waals surface area contributed by atoms with E-state index in [0.29, 0.717) is 16.3 Å². The van der Waals surface area contributed by atoms with E-state index in [1.807, 2.05) is 26.8 Å². The highest BCUT2D eigenvalue weighted by atomic mass is 35.5. The smallest absolute Gasteiger partial charge is 0.274 e. The lowest BCUT2D eigenvalue weighted by Gasteiger charge is -2.15. The van der Waals surface area contributed by atoms with Gasteiger partial charge in [-0.25, -0.2) is 9.67 Å². The van der Waals surface area contributed by atoms with Gasteiger partial charge in [0.15, 0.2) is 5.82 Å². The summed E-state index contributed by atoms with van der Waals surface area (Å²) in [6.45, 7) is 5.55. The second-order valence-corrected chi connectivity index (χ2v) is 7.28. The molecule has 0 aliphatic heterocycles. The molecule has 2 amide bonds. The number of hydrogen-bond donors (Lipinski definition) is 2. The zero-order valence-electron chi connectivity index (χ0n) is 17.1. The van der Waals surface area contributed by atoms with E-state index < -0.39 is 5.91 Å². The second-order valence-electron chi connectivity index (χ2n) is 6.87. The average Bonchev–Trinajstić information content (AvgIpc) is 3.13. The summed E-state index contributed by atoms with van der Waals surface area (Å²) in [6, 6.07) is 10.0. The Hall–Kier alpha value is -3.39. The molecule has 3 rings (SSSR count). The molecule has 0 unspecified atom stereocenters. The number of nitrogens with zero attached hydrogens (tertiary/aromatic N) is 3. The molecule has 0 spiro atoms.